The molecule has 0 saturated heterocycles. The molecular weight excluding hydrogens is 444 g/mol. The van der Waals surface area contributed by atoms with Gasteiger partial charge in [-0.1, -0.05) is 36.4 Å². The Labute approximate surface area is 192 Å². The van der Waals surface area contributed by atoms with Crippen molar-refractivity contribution < 1.29 is 19.1 Å². The van der Waals surface area contributed by atoms with E-state index < -0.39 is 11.9 Å². The molecule has 0 N–H and O–H groups in total. The summed E-state index contributed by atoms with van der Waals surface area (Å²) in [4.78, 5) is 33.4. The predicted octanol–water partition coefficient (Wildman–Crippen LogP) is 5.71. The van der Waals surface area contributed by atoms with E-state index in [1.807, 2.05) is 12.1 Å². The average molecular weight is 461 g/mol. The molecule has 0 amide bonds. The van der Waals surface area contributed by atoms with E-state index in [2.05, 4.69) is 9.97 Å². The van der Waals surface area contributed by atoms with Crippen molar-refractivity contribution in [2.75, 3.05) is 0 Å². The van der Waals surface area contributed by atoms with Crippen LogP contribution in [-0.4, -0.2) is 21.9 Å². The van der Waals surface area contributed by atoms with Crippen LogP contribution in [-0.2, 0) is 0 Å². The van der Waals surface area contributed by atoms with Gasteiger partial charge in [-0.05, 0) is 70.1 Å². The lowest BCUT2D eigenvalue weighted by Gasteiger charge is -2.10. The first-order valence-corrected chi connectivity index (χ1v) is 11.6. The van der Waals surface area contributed by atoms with Crippen LogP contribution in [0.15, 0.2) is 107 Å². The lowest BCUT2D eigenvalue weighted by atomic mass is 10.2. The second kappa shape index (κ2) is 10.6. The van der Waals surface area contributed by atoms with Gasteiger partial charge >= 0.3 is 11.9 Å². The van der Waals surface area contributed by atoms with Gasteiger partial charge in [0.1, 0.15) is 10.1 Å². The molecule has 0 aliphatic rings. The minimum atomic E-state index is -0.472. The van der Waals surface area contributed by atoms with Crippen molar-refractivity contribution in [1.82, 2.24) is 9.97 Å². The molecule has 0 fully saturated rings. The van der Waals surface area contributed by atoms with Crippen molar-refractivity contribution in [3.05, 3.63) is 108 Å². The zero-order valence-corrected chi connectivity index (χ0v) is 18.2. The Balaban J connectivity index is 1.47. The standard InChI is InChI=1S/C24H16N2O4S2/c27-23(17-9-3-1-4-10-17)29-19-13-7-15-25-21(19)31-32-22-20(14-8-16-26-22)30-24(28)18-11-5-2-6-12-18/h1-16H. The van der Waals surface area contributed by atoms with Crippen LogP contribution >= 0.6 is 21.6 Å². The number of esters is 2. The predicted molar refractivity (Wildman–Crippen MR) is 123 cm³/mol. The highest BCUT2D eigenvalue weighted by Crippen LogP contribution is 2.43. The van der Waals surface area contributed by atoms with Crippen LogP contribution in [0.25, 0.3) is 0 Å². The number of aromatic nitrogens is 2. The number of nitrogens with zero attached hydrogens (tertiary/aromatic N) is 2. The molecule has 0 atom stereocenters. The van der Waals surface area contributed by atoms with E-state index in [1.54, 1.807) is 85.2 Å². The van der Waals surface area contributed by atoms with Crippen molar-refractivity contribution in [2.24, 2.45) is 0 Å². The minimum Gasteiger partial charge on any atom is -0.420 e. The van der Waals surface area contributed by atoms with Gasteiger partial charge in [-0.25, -0.2) is 19.6 Å². The molecule has 4 aromatic rings. The van der Waals surface area contributed by atoms with Gasteiger partial charge in [0, 0.05) is 12.4 Å². The molecule has 0 unspecified atom stereocenters. The number of ether oxygens (including phenoxy) is 2. The summed E-state index contributed by atoms with van der Waals surface area (Å²) in [7, 11) is 2.50. The number of carbonyl (C=O) groups is 2. The first-order valence-electron chi connectivity index (χ1n) is 9.50. The monoisotopic (exact) mass is 460 g/mol. The molecule has 6 nitrogen and oxygen atoms in total. The van der Waals surface area contributed by atoms with E-state index in [0.29, 0.717) is 32.7 Å². The van der Waals surface area contributed by atoms with E-state index in [-0.39, 0.29) is 0 Å². The topological polar surface area (TPSA) is 78.4 Å². The van der Waals surface area contributed by atoms with Crippen LogP contribution in [0.2, 0.25) is 0 Å². The maximum atomic E-state index is 12.4. The van der Waals surface area contributed by atoms with Crippen molar-refractivity contribution in [3.8, 4) is 11.5 Å². The molecule has 0 spiro atoms. The van der Waals surface area contributed by atoms with Crippen LogP contribution in [0.1, 0.15) is 20.7 Å². The fourth-order valence-electron chi connectivity index (χ4n) is 2.58. The largest absolute Gasteiger partial charge is 0.420 e. The van der Waals surface area contributed by atoms with E-state index >= 15 is 0 Å². The van der Waals surface area contributed by atoms with Gasteiger partial charge in [0.2, 0.25) is 0 Å². The van der Waals surface area contributed by atoms with Crippen LogP contribution in [0, 0.1) is 0 Å². The zero-order valence-electron chi connectivity index (χ0n) is 16.6. The molecule has 4 rings (SSSR count). The van der Waals surface area contributed by atoms with Crippen LogP contribution in [0.3, 0.4) is 0 Å². The molecule has 2 aromatic heterocycles. The number of carbonyl (C=O) groups excluding carboxylic acids is 2. The van der Waals surface area contributed by atoms with Crippen molar-refractivity contribution in [3.63, 3.8) is 0 Å². The molecule has 0 radical (unpaired) electrons. The van der Waals surface area contributed by atoms with Gasteiger partial charge in [0.25, 0.3) is 0 Å². The lowest BCUT2D eigenvalue weighted by Crippen LogP contribution is -2.09. The summed E-state index contributed by atoms with van der Waals surface area (Å²) in [6.07, 6.45) is 3.22. The third kappa shape index (κ3) is 5.54. The molecule has 2 aromatic carbocycles. The van der Waals surface area contributed by atoms with E-state index in [0.717, 1.165) is 0 Å². The average Bonchev–Trinajstić information content (AvgIpc) is 2.85. The van der Waals surface area contributed by atoms with Crippen molar-refractivity contribution in [2.45, 2.75) is 10.1 Å². The van der Waals surface area contributed by atoms with Crippen LogP contribution in [0.4, 0.5) is 0 Å². The quantitative estimate of drug-likeness (QED) is 0.256. The van der Waals surface area contributed by atoms with E-state index in [1.165, 1.54) is 21.6 Å². The van der Waals surface area contributed by atoms with Crippen molar-refractivity contribution in [1.29, 1.82) is 0 Å². The highest BCUT2D eigenvalue weighted by molar-refractivity contribution is 8.76. The molecule has 32 heavy (non-hydrogen) atoms. The third-order valence-electron chi connectivity index (χ3n) is 4.10. The fourth-order valence-corrected chi connectivity index (χ4v) is 4.55. The summed E-state index contributed by atoms with van der Waals surface area (Å²) >= 11 is 0. The zero-order chi connectivity index (χ0) is 22.2. The third-order valence-corrected chi connectivity index (χ3v) is 6.31. The second-order valence-electron chi connectivity index (χ2n) is 6.29. The Hall–Kier alpha value is -3.62. The first kappa shape index (κ1) is 21.6. The number of hydrogen-bond acceptors (Lipinski definition) is 8. The van der Waals surface area contributed by atoms with Crippen LogP contribution in [0.5, 0.6) is 11.5 Å². The van der Waals surface area contributed by atoms with Gasteiger partial charge in [0.05, 0.1) is 11.1 Å². The molecule has 158 valence electrons. The SMILES string of the molecule is O=C(Oc1cccnc1SSc1ncccc1OC(=O)c1ccccc1)c1ccccc1. The fraction of sp³-hybridized carbons (Fsp3) is 0. The summed E-state index contributed by atoms with van der Waals surface area (Å²) < 4.78 is 11.1. The Morgan fingerprint density at radius 1 is 0.562 bits per heavy atom. The Bertz CT molecular complexity index is 1120. The van der Waals surface area contributed by atoms with Crippen LogP contribution < -0.4 is 9.47 Å². The highest BCUT2D eigenvalue weighted by atomic mass is 33.1. The minimum absolute atomic E-state index is 0.331. The summed E-state index contributed by atoms with van der Waals surface area (Å²) in [5, 5.41) is 0.987. The van der Waals surface area contributed by atoms with Gasteiger partial charge in [-0.15, -0.1) is 0 Å². The lowest BCUT2D eigenvalue weighted by molar-refractivity contribution is 0.0719. The Morgan fingerprint density at radius 2 is 0.969 bits per heavy atom. The van der Waals surface area contributed by atoms with Gasteiger partial charge in [-0.2, -0.15) is 0 Å². The maximum absolute atomic E-state index is 12.4. The summed E-state index contributed by atoms with van der Waals surface area (Å²) in [6.45, 7) is 0. The molecule has 0 bridgehead atoms. The summed E-state index contributed by atoms with van der Waals surface area (Å²) in [5.74, 6) is -0.281. The number of pyridine rings is 2. The number of benzene rings is 2. The molecule has 0 aliphatic heterocycles. The van der Waals surface area contributed by atoms with E-state index in [9.17, 15) is 9.59 Å². The molecule has 0 saturated carbocycles. The molecular formula is C24H16N2O4S2. The van der Waals surface area contributed by atoms with Crippen molar-refractivity contribution >= 4 is 33.5 Å². The number of rotatable bonds is 7. The summed E-state index contributed by atoms with van der Waals surface area (Å²) in [6, 6.07) is 24.2. The maximum Gasteiger partial charge on any atom is 0.343 e. The molecule has 2 heterocycles. The smallest absolute Gasteiger partial charge is 0.343 e. The summed E-state index contributed by atoms with van der Waals surface area (Å²) in [5.41, 5.74) is 0.889. The Morgan fingerprint density at radius 3 is 1.38 bits per heavy atom. The van der Waals surface area contributed by atoms with Gasteiger partial charge in [0.15, 0.2) is 11.5 Å². The van der Waals surface area contributed by atoms with E-state index in [4.69, 9.17) is 9.47 Å². The molecule has 0 aliphatic carbocycles. The first-order chi connectivity index (χ1) is 15.7. The van der Waals surface area contributed by atoms with Gasteiger partial charge in [-0.3, -0.25) is 0 Å². The second-order valence-corrected chi connectivity index (χ2v) is 8.40. The number of hydrogen-bond donors (Lipinski definition) is 0. The molecule has 8 heteroatoms. The highest BCUT2D eigenvalue weighted by Gasteiger charge is 2.16. The normalized spacial score (nSPS) is 10.4. The van der Waals surface area contributed by atoms with Gasteiger partial charge < -0.3 is 9.47 Å². The Kier molecular flexibility index (Phi) is 7.16.